The van der Waals surface area contributed by atoms with E-state index in [9.17, 15) is 0 Å². The van der Waals surface area contributed by atoms with Crippen LogP contribution in [-0.4, -0.2) is 50.3 Å². The summed E-state index contributed by atoms with van der Waals surface area (Å²) in [6.45, 7) is 13.4. The SMILES string of the molecule is CCCC(CNCC(C)C)N(CCOC)C(C)C1CC1. The van der Waals surface area contributed by atoms with Crippen LogP contribution in [0.5, 0.6) is 0 Å². The molecule has 0 bridgehead atoms. The molecule has 20 heavy (non-hydrogen) atoms. The summed E-state index contributed by atoms with van der Waals surface area (Å²) < 4.78 is 5.33. The fourth-order valence-corrected chi connectivity index (χ4v) is 3.02. The van der Waals surface area contributed by atoms with E-state index >= 15 is 0 Å². The second-order valence-electron chi connectivity index (χ2n) is 6.80. The fourth-order valence-electron chi connectivity index (χ4n) is 3.02. The minimum Gasteiger partial charge on any atom is -0.383 e. The summed E-state index contributed by atoms with van der Waals surface area (Å²) in [5, 5.41) is 3.66. The number of methoxy groups -OCH3 is 1. The predicted molar refractivity (Wildman–Crippen MR) is 87.2 cm³/mol. The highest BCUT2D eigenvalue weighted by Gasteiger charge is 2.34. The summed E-state index contributed by atoms with van der Waals surface area (Å²) >= 11 is 0. The molecule has 1 N–H and O–H groups in total. The van der Waals surface area contributed by atoms with Crippen LogP contribution in [0.15, 0.2) is 0 Å². The normalized spacial score (nSPS) is 18.8. The summed E-state index contributed by atoms with van der Waals surface area (Å²) in [4.78, 5) is 2.71. The molecular weight excluding hydrogens is 248 g/mol. The molecule has 3 nitrogen and oxygen atoms in total. The molecule has 1 aliphatic carbocycles. The van der Waals surface area contributed by atoms with Gasteiger partial charge in [0, 0.05) is 32.3 Å². The summed E-state index contributed by atoms with van der Waals surface area (Å²) in [6, 6.07) is 1.37. The minimum absolute atomic E-state index is 0.657. The Kier molecular flexibility index (Phi) is 8.74. The van der Waals surface area contributed by atoms with Gasteiger partial charge in [-0.1, -0.05) is 27.2 Å². The lowest BCUT2D eigenvalue weighted by Gasteiger charge is -2.37. The van der Waals surface area contributed by atoms with E-state index in [1.54, 1.807) is 0 Å². The van der Waals surface area contributed by atoms with Crippen LogP contribution in [0.3, 0.4) is 0 Å². The van der Waals surface area contributed by atoms with Crippen LogP contribution in [0.25, 0.3) is 0 Å². The molecule has 0 radical (unpaired) electrons. The van der Waals surface area contributed by atoms with Crippen molar-refractivity contribution in [3.63, 3.8) is 0 Å². The van der Waals surface area contributed by atoms with Gasteiger partial charge in [0.25, 0.3) is 0 Å². The standard InChI is InChI=1S/C17H36N2O/c1-6-7-17(13-18-12-14(2)3)19(10-11-20-5)15(4)16-8-9-16/h14-18H,6-13H2,1-5H3. The Balaban J connectivity index is 2.54. The van der Waals surface area contributed by atoms with E-state index < -0.39 is 0 Å². The maximum atomic E-state index is 5.33. The Labute approximate surface area is 126 Å². The fraction of sp³-hybridized carbons (Fsp3) is 1.00. The van der Waals surface area contributed by atoms with Crippen molar-refractivity contribution >= 4 is 0 Å². The van der Waals surface area contributed by atoms with Gasteiger partial charge in [0.05, 0.1) is 6.61 Å². The highest BCUT2D eigenvalue weighted by atomic mass is 16.5. The van der Waals surface area contributed by atoms with Gasteiger partial charge >= 0.3 is 0 Å². The van der Waals surface area contributed by atoms with Crippen molar-refractivity contribution in [3.05, 3.63) is 0 Å². The zero-order valence-corrected chi connectivity index (χ0v) is 14.3. The Morgan fingerprint density at radius 2 is 1.90 bits per heavy atom. The maximum absolute atomic E-state index is 5.33. The van der Waals surface area contributed by atoms with E-state index in [-0.39, 0.29) is 0 Å². The van der Waals surface area contributed by atoms with Gasteiger partial charge in [0.2, 0.25) is 0 Å². The zero-order valence-electron chi connectivity index (χ0n) is 14.3. The molecular formula is C17H36N2O. The lowest BCUT2D eigenvalue weighted by molar-refractivity contribution is 0.0761. The van der Waals surface area contributed by atoms with Crippen molar-refractivity contribution in [2.75, 3.05) is 33.4 Å². The van der Waals surface area contributed by atoms with Gasteiger partial charge < -0.3 is 10.1 Å². The smallest absolute Gasteiger partial charge is 0.0589 e. The monoisotopic (exact) mass is 284 g/mol. The molecule has 0 spiro atoms. The highest BCUT2D eigenvalue weighted by Crippen LogP contribution is 2.36. The average molecular weight is 284 g/mol. The number of nitrogens with one attached hydrogen (secondary N) is 1. The molecule has 0 aromatic rings. The first-order chi connectivity index (χ1) is 9.60. The summed E-state index contributed by atoms with van der Waals surface area (Å²) in [6.07, 6.45) is 5.38. The third-order valence-electron chi connectivity index (χ3n) is 4.40. The first-order valence-electron chi connectivity index (χ1n) is 8.55. The molecule has 2 unspecified atom stereocenters. The van der Waals surface area contributed by atoms with Crippen molar-refractivity contribution in [2.45, 2.75) is 65.5 Å². The van der Waals surface area contributed by atoms with Gasteiger partial charge in [-0.3, -0.25) is 4.90 Å². The van der Waals surface area contributed by atoms with Gasteiger partial charge in [-0.15, -0.1) is 0 Å². The van der Waals surface area contributed by atoms with E-state index in [2.05, 4.69) is 37.9 Å². The van der Waals surface area contributed by atoms with Crippen LogP contribution in [0.2, 0.25) is 0 Å². The van der Waals surface area contributed by atoms with Crippen LogP contribution < -0.4 is 5.32 Å². The molecule has 0 aromatic heterocycles. The molecule has 0 heterocycles. The van der Waals surface area contributed by atoms with Crippen LogP contribution in [0.1, 0.15) is 53.4 Å². The Morgan fingerprint density at radius 3 is 2.40 bits per heavy atom. The highest BCUT2D eigenvalue weighted by molar-refractivity contribution is 4.89. The largest absolute Gasteiger partial charge is 0.383 e. The van der Waals surface area contributed by atoms with Gasteiger partial charge in [-0.25, -0.2) is 0 Å². The van der Waals surface area contributed by atoms with Crippen LogP contribution in [0.4, 0.5) is 0 Å². The number of hydrogen-bond acceptors (Lipinski definition) is 3. The third-order valence-corrected chi connectivity index (χ3v) is 4.40. The number of hydrogen-bond donors (Lipinski definition) is 1. The zero-order chi connectivity index (χ0) is 15.0. The van der Waals surface area contributed by atoms with Crippen LogP contribution >= 0.6 is 0 Å². The van der Waals surface area contributed by atoms with Gasteiger partial charge in [-0.05, 0) is 44.6 Å². The molecule has 1 aliphatic rings. The topological polar surface area (TPSA) is 24.5 Å². The molecule has 0 aliphatic heterocycles. The average Bonchev–Trinajstić information content (AvgIpc) is 3.22. The minimum atomic E-state index is 0.657. The van der Waals surface area contributed by atoms with Gasteiger partial charge in [0.1, 0.15) is 0 Å². The van der Waals surface area contributed by atoms with Crippen molar-refractivity contribution in [1.82, 2.24) is 10.2 Å². The summed E-state index contributed by atoms with van der Waals surface area (Å²) in [7, 11) is 1.81. The molecule has 3 heteroatoms. The second-order valence-corrected chi connectivity index (χ2v) is 6.80. The van der Waals surface area contributed by atoms with Crippen molar-refractivity contribution in [1.29, 1.82) is 0 Å². The van der Waals surface area contributed by atoms with Crippen molar-refractivity contribution < 1.29 is 4.74 Å². The number of nitrogens with zero attached hydrogens (tertiary/aromatic N) is 1. The van der Waals surface area contributed by atoms with Crippen LogP contribution in [-0.2, 0) is 4.74 Å². The molecule has 1 fully saturated rings. The maximum Gasteiger partial charge on any atom is 0.0589 e. The first-order valence-corrected chi connectivity index (χ1v) is 8.55. The lowest BCUT2D eigenvalue weighted by Crippen LogP contribution is -2.49. The second kappa shape index (κ2) is 9.75. The van der Waals surface area contributed by atoms with Crippen molar-refractivity contribution in [2.24, 2.45) is 11.8 Å². The van der Waals surface area contributed by atoms with Crippen molar-refractivity contribution in [3.8, 4) is 0 Å². The molecule has 0 amide bonds. The first kappa shape index (κ1) is 17.9. The molecule has 1 rings (SSSR count). The molecule has 0 saturated heterocycles. The quantitative estimate of drug-likeness (QED) is 0.596. The summed E-state index contributed by atoms with van der Waals surface area (Å²) in [5.74, 6) is 1.65. The molecule has 120 valence electrons. The van der Waals surface area contributed by atoms with E-state index in [0.717, 1.165) is 38.1 Å². The van der Waals surface area contributed by atoms with E-state index in [4.69, 9.17) is 4.74 Å². The van der Waals surface area contributed by atoms with E-state index in [1.165, 1.54) is 25.7 Å². The summed E-state index contributed by atoms with van der Waals surface area (Å²) in [5.41, 5.74) is 0. The lowest BCUT2D eigenvalue weighted by atomic mass is 10.0. The molecule has 1 saturated carbocycles. The van der Waals surface area contributed by atoms with E-state index in [1.807, 2.05) is 7.11 Å². The van der Waals surface area contributed by atoms with E-state index in [0.29, 0.717) is 12.1 Å². The van der Waals surface area contributed by atoms with Gasteiger partial charge in [-0.2, -0.15) is 0 Å². The van der Waals surface area contributed by atoms with Gasteiger partial charge in [0.15, 0.2) is 0 Å². The molecule has 0 aromatic carbocycles. The predicted octanol–water partition coefficient (Wildman–Crippen LogP) is 3.15. The Hall–Kier alpha value is -0.120. The third kappa shape index (κ3) is 6.55. The number of ether oxygens (including phenoxy) is 1. The molecule has 2 atom stereocenters. The number of rotatable bonds is 12. The Bertz CT molecular complexity index is 241. The Morgan fingerprint density at radius 1 is 1.20 bits per heavy atom. The van der Waals surface area contributed by atoms with Crippen LogP contribution in [0, 0.1) is 11.8 Å².